The summed E-state index contributed by atoms with van der Waals surface area (Å²) in [6.45, 7) is 4.66. The van der Waals surface area contributed by atoms with Crippen LogP contribution in [-0.2, 0) is 10.2 Å². The first-order valence-electron chi connectivity index (χ1n) is 8.18. The topological polar surface area (TPSA) is 32.3 Å². The number of carbonyl (C=O) groups is 1. The van der Waals surface area contributed by atoms with Crippen LogP contribution in [0.1, 0.15) is 25.0 Å². The molecule has 1 amide bonds. The molecule has 0 aliphatic carbocycles. The predicted octanol–water partition coefficient (Wildman–Crippen LogP) is 4.63. The van der Waals surface area contributed by atoms with Gasteiger partial charge in [-0.2, -0.15) is 0 Å². The van der Waals surface area contributed by atoms with Crippen molar-refractivity contribution in [3.63, 3.8) is 0 Å². The Morgan fingerprint density at radius 3 is 2.68 bits per heavy atom. The van der Waals surface area contributed by atoms with E-state index >= 15 is 0 Å². The van der Waals surface area contributed by atoms with E-state index in [1.807, 2.05) is 36.4 Å². The molecule has 2 aliphatic heterocycles. The van der Waals surface area contributed by atoms with Crippen molar-refractivity contribution in [2.75, 3.05) is 11.4 Å². The van der Waals surface area contributed by atoms with Gasteiger partial charge >= 0.3 is 0 Å². The molecule has 1 unspecified atom stereocenters. The zero-order chi connectivity index (χ0) is 17.8. The lowest BCUT2D eigenvalue weighted by molar-refractivity contribution is -0.118. The van der Waals surface area contributed by atoms with Gasteiger partial charge in [-0.05, 0) is 35.4 Å². The molecule has 4 rings (SSSR count). The smallest absolute Gasteiger partial charge is 0.241 e. The predicted molar refractivity (Wildman–Crippen MR) is 103 cm³/mol. The van der Waals surface area contributed by atoms with Gasteiger partial charge in [-0.25, -0.2) is 0 Å². The zero-order valence-electron chi connectivity index (χ0n) is 14.0. The molecule has 2 aromatic rings. The lowest BCUT2D eigenvalue weighted by Crippen LogP contribution is -2.58. The Hall–Kier alpha value is -1.97. The molecule has 3 nitrogen and oxygen atoms in total. The molecular weight excluding hydrogens is 355 g/mol. The van der Waals surface area contributed by atoms with Crippen LogP contribution in [0.3, 0.4) is 0 Å². The fourth-order valence-corrected chi connectivity index (χ4v) is 4.46. The molecule has 0 saturated carbocycles. The molecule has 1 N–H and O–H groups in total. The molecular formula is C20H18Cl2N2O. The zero-order valence-corrected chi connectivity index (χ0v) is 15.5. The summed E-state index contributed by atoms with van der Waals surface area (Å²) in [7, 11) is 0. The molecule has 128 valence electrons. The number of nitrogens with one attached hydrogen (secondary N) is 1. The number of para-hydroxylation sites is 1. The molecule has 1 atom stereocenters. The Morgan fingerprint density at radius 2 is 1.92 bits per heavy atom. The van der Waals surface area contributed by atoms with Crippen LogP contribution in [0, 0.1) is 0 Å². The van der Waals surface area contributed by atoms with E-state index in [4.69, 9.17) is 23.2 Å². The maximum atomic E-state index is 12.3. The molecule has 5 heteroatoms. The first kappa shape index (κ1) is 16.5. The number of fused-ring (bicyclic) bond motifs is 3. The van der Waals surface area contributed by atoms with E-state index in [2.05, 4.69) is 36.2 Å². The van der Waals surface area contributed by atoms with Crippen molar-refractivity contribution in [2.24, 2.45) is 0 Å². The van der Waals surface area contributed by atoms with Gasteiger partial charge in [0.25, 0.3) is 0 Å². The second-order valence-electron chi connectivity index (χ2n) is 7.04. The monoisotopic (exact) mass is 372 g/mol. The number of rotatable bonds is 2. The summed E-state index contributed by atoms with van der Waals surface area (Å²) in [5.41, 5.74) is 2.29. The van der Waals surface area contributed by atoms with Crippen molar-refractivity contribution in [1.82, 2.24) is 5.32 Å². The van der Waals surface area contributed by atoms with Crippen LogP contribution >= 0.6 is 23.2 Å². The normalized spacial score (nSPS) is 23.7. The molecule has 2 aromatic carbocycles. The van der Waals surface area contributed by atoms with E-state index in [-0.39, 0.29) is 11.3 Å². The number of hydrogen-bond donors (Lipinski definition) is 1. The van der Waals surface area contributed by atoms with Gasteiger partial charge in [0.1, 0.15) is 5.66 Å². The third-order valence-corrected chi connectivity index (χ3v) is 5.91. The molecule has 2 aliphatic rings. The minimum atomic E-state index is -0.614. The van der Waals surface area contributed by atoms with Crippen LogP contribution in [-0.4, -0.2) is 18.1 Å². The van der Waals surface area contributed by atoms with E-state index in [0.29, 0.717) is 16.6 Å². The molecule has 1 saturated heterocycles. The average molecular weight is 373 g/mol. The third-order valence-electron chi connectivity index (χ3n) is 5.35. The van der Waals surface area contributed by atoms with Crippen molar-refractivity contribution in [3.8, 4) is 0 Å². The van der Waals surface area contributed by atoms with Crippen LogP contribution in [0.25, 0.3) is 6.08 Å². The molecule has 0 radical (unpaired) electrons. The summed E-state index contributed by atoms with van der Waals surface area (Å²) in [6, 6.07) is 13.7. The fraction of sp³-hybridized carbons (Fsp3) is 0.250. The quantitative estimate of drug-likeness (QED) is 0.833. The van der Waals surface area contributed by atoms with Crippen molar-refractivity contribution >= 4 is 40.9 Å². The van der Waals surface area contributed by atoms with Crippen LogP contribution < -0.4 is 10.2 Å². The maximum absolute atomic E-state index is 12.3. The Balaban J connectivity index is 1.84. The fourth-order valence-electron chi connectivity index (χ4n) is 3.99. The van der Waals surface area contributed by atoms with Crippen molar-refractivity contribution in [2.45, 2.75) is 24.9 Å². The molecule has 0 spiro atoms. The first-order chi connectivity index (χ1) is 11.8. The molecule has 0 bridgehead atoms. The molecule has 0 aromatic heterocycles. The lowest BCUT2D eigenvalue weighted by atomic mass is 9.75. The average Bonchev–Trinajstić information content (AvgIpc) is 2.99. The number of anilines is 1. The van der Waals surface area contributed by atoms with Gasteiger partial charge in [-0.15, -0.1) is 0 Å². The maximum Gasteiger partial charge on any atom is 0.241 e. The largest absolute Gasteiger partial charge is 0.335 e. The summed E-state index contributed by atoms with van der Waals surface area (Å²) >= 11 is 12.3. The summed E-state index contributed by atoms with van der Waals surface area (Å²) < 4.78 is 0. The van der Waals surface area contributed by atoms with E-state index < -0.39 is 5.66 Å². The van der Waals surface area contributed by atoms with Crippen LogP contribution in [0.5, 0.6) is 0 Å². The van der Waals surface area contributed by atoms with Gasteiger partial charge in [-0.1, -0.05) is 67.4 Å². The molecule has 1 fully saturated rings. The number of hydrogen-bond acceptors (Lipinski definition) is 2. The van der Waals surface area contributed by atoms with Gasteiger partial charge in [-0.3, -0.25) is 4.79 Å². The van der Waals surface area contributed by atoms with E-state index in [0.717, 1.165) is 11.3 Å². The minimum absolute atomic E-state index is 0.0226. The van der Waals surface area contributed by atoms with Crippen LogP contribution in [0.4, 0.5) is 5.69 Å². The van der Waals surface area contributed by atoms with Gasteiger partial charge in [0.05, 0.1) is 6.54 Å². The van der Waals surface area contributed by atoms with Gasteiger partial charge in [0, 0.05) is 21.1 Å². The number of nitrogens with zero attached hydrogens (tertiary/aromatic N) is 1. The summed E-state index contributed by atoms with van der Waals surface area (Å²) in [6.07, 6.45) is 4.01. The van der Waals surface area contributed by atoms with Gasteiger partial charge in [0.2, 0.25) is 5.91 Å². The Labute approximate surface area is 157 Å². The highest BCUT2D eigenvalue weighted by Crippen LogP contribution is 2.52. The lowest BCUT2D eigenvalue weighted by Gasteiger charge is -2.40. The molecule has 25 heavy (non-hydrogen) atoms. The SMILES string of the molecule is CC1(C)c2ccccc2N2CC(=O)NC21/C=C/c1ccc(Cl)cc1Cl. The van der Waals surface area contributed by atoms with Crippen molar-refractivity contribution in [3.05, 3.63) is 69.7 Å². The highest BCUT2D eigenvalue weighted by molar-refractivity contribution is 6.35. The second kappa shape index (κ2) is 5.52. The highest BCUT2D eigenvalue weighted by atomic mass is 35.5. The van der Waals surface area contributed by atoms with Crippen LogP contribution in [0.15, 0.2) is 48.5 Å². The third kappa shape index (κ3) is 2.30. The van der Waals surface area contributed by atoms with Crippen molar-refractivity contribution < 1.29 is 4.79 Å². The van der Waals surface area contributed by atoms with Crippen LogP contribution in [0.2, 0.25) is 10.0 Å². The number of benzene rings is 2. The Kier molecular flexibility index (Phi) is 3.64. The van der Waals surface area contributed by atoms with E-state index in [1.165, 1.54) is 5.56 Å². The van der Waals surface area contributed by atoms with Crippen molar-refractivity contribution in [1.29, 1.82) is 0 Å². The van der Waals surface area contributed by atoms with Gasteiger partial charge < -0.3 is 10.2 Å². The second-order valence-corrected chi connectivity index (χ2v) is 7.89. The Morgan fingerprint density at radius 1 is 1.16 bits per heavy atom. The van der Waals surface area contributed by atoms with E-state index in [1.54, 1.807) is 6.07 Å². The standard InChI is InChI=1S/C20H18Cl2N2O/c1-19(2)15-5-3-4-6-17(15)24-12-18(25)23-20(19,24)10-9-13-7-8-14(21)11-16(13)22/h3-11H,12H2,1-2H3,(H,23,25)/b10-9+. The number of carbonyl (C=O) groups excluding carboxylic acids is 1. The highest BCUT2D eigenvalue weighted by Gasteiger charge is 2.59. The number of amides is 1. The Bertz CT molecular complexity index is 906. The number of halogens is 2. The van der Waals surface area contributed by atoms with E-state index in [9.17, 15) is 4.79 Å². The first-order valence-corrected chi connectivity index (χ1v) is 8.93. The summed E-state index contributed by atoms with van der Waals surface area (Å²) in [4.78, 5) is 14.4. The van der Waals surface area contributed by atoms with Gasteiger partial charge in [0.15, 0.2) is 0 Å². The minimum Gasteiger partial charge on any atom is -0.335 e. The summed E-state index contributed by atoms with van der Waals surface area (Å²) in [5, 5.41) is 4.39. The summed E-state index contributed by atoms with van der Waals surface area (Å²) in [5.74, 6) is 0.0226. The molecule has 2 heterocycles.